The molecule has 11 rings (SSSR count). The Labute approximate surface area is 332 Å². The molecule has 0 saturated carbocycles. The third-order valence-corrected chi connectivity index (χ3v) is 12.1. The van der Waals surface area contributed by atoms with Gasteiger partial charge in [0.1, 0.15) is 11.2 Å². The fraction of sp³-hybridized carbons (Fsp3) is 0.0545. The van der Waals surface area contributed by atoms with Gasteiger partial charge in [0.15, 0.2) is 0 Å². The molecule has 0 atom stereocenters. The van der Waals surface area contributed by atoms with Crippen molar-refractivity contribution in [3.63, 3.8) is 0 Å². The first-order valence-electron chi connectivity index (χ1n) is 19.8. The second kappa shape index (κ2) is 13.0. The SMILES string of the molecule is CC1(C)c2ccccc2-c2ccc(N(c3ccc(-c4ccccc4)cc3)c3ccc4c(oc5c6ccccc6c(-c6ccccc6)cc45)c3-c3ccccc3)cc21. The van der Waals surface area contributed by atoms with E-state index in [2.05, 4.69) is 219 Å². The molecule has 0 radical (unpaired) electrons. The van der Waals surface area contributed by atoms with Crippen LogP contribution in [0.1, 0.15) is 25.0 Å². The quantitative estimate of drug-likeness (QED) is 0.169. The minimum atomic E-state index is -0.146. The minimum absolute atomic E-state index is 0.146. The molecule has 0 spiro atoms. The molecule has 0 unspecified atom stereocenters. The van der Waals surface area contributed by atoms with Crippen molar-refractivity contribution in [1.82, 2.24) is 0 Å². The van der Waals surface area contributed by atoms with Gasteiger partial charge < -0.3 is 9.32 Å². The molecule has 0 amide bonds. The third-order valence-electron chi connectivity index (χ3n) is 12.1. The molecular weight excluding hydrogens is 691 g/mol. The van der Waals surface area contributed by atoms with Crippen LogP contribution < -0.4 is 4.90 Å². The van der Waals surface area contributed by atoms with Crippen molar-refractivity contribution in [2.24, 2.45) is 0 Å². The highest BCUT2D eigenvalue weighted by molar-refractivity contribution is 6.22. The summed E-state index contributed by atoms with van der Waals surface area (Å²) in [6.07, 6.45) is 0. The summed E-state index contributed by atoms with van der Waals surface area (Å²) in [6.45, 7) is 4.70. The van der Waals surface area contributed by atoms with Crippen LogP contribution in [0.2, 0.25) is 0 Å². The zero-order valence-corrected chi connectivity index (χ0v) is 31.9. The van der Waals surface area contributed by atoms with Gasteiger partial charge in [-0.3, -0.25) is 0 Å². The molecule has 1 aromatic heterocycles. The first-order valence-corrected chi connectivity index (χ1v) is 19.8. The second-order valence-corrected chi connectivity index (χ2v) is 15.7. The number of rotatable bonds is 6. The van der Waals surface area contributed by atoms with Crippen molar-refractivity contribution < 1.29 is 4.42 Å². The lowest BCUT2D eigenvalue weighted by Gasteiger charge is -2.30. The summed E-state index contributed by atoms with van der Waals surface area (Å²) < 4.78 is 7.20. The monoisotopic (exact) mass is 729 g/mol. The summed E-state index contributed by atoms with van der Waals surface area (Å²) in [6, 6.07) is 72.5. The third kappa shape index (κ3) is 5.25. The second-order valence-electron chi connectivity index (χ2n) is 15.7. The molecule has 2 heteroatoms. The summed E-state index contributed by atoms with van der Waals surface area (Å²) in [4.78, 5) is 2.43. The van der Waals surface area contributed by atoms with Gasteiger partial charge in [-0.15, -0.1) is 0 Å². The number of benzene rings is 9. The Balaban J connectivity index is 1.19. The van der Waals surface area contributed by atoms with Crippen molar-refractivity contribution in [3.05, 3.63) is 211 Å². The maximum Gasteiger partial charge on any atom is 0.145 e. The van der Waals surface area contributed by atoms with E-state index in [0.717, 1.165) is 55.5 Å². The Hall–Kier alpha value is -7.16. The topological polar surface area (TPSA) is 16.4 Å². The van der Waals surface area contributed by atoms with Crippen LogP contribution in [0.5, 0.6) is 0 Å². The maximum atomic E-state index is 7.20. The minimum Gasteiger partial charge on any atom is -0.455 e. The highest BCUT2D eigenvalue weighted by Gasteiger charge is 2.36. The highest BCUT2D eigenvalue weighted by Crippen LogP contribution is 2.53. The van der Waals surface area contributed by atoms with Crippen LogP contribution >= 0.6 is 0 Å². The molecule has 1 aliphatic carbocycles. The van der Waals surface area contributed by atoms with Crippen LogP contribution in [0.15, 0.2) is 205 Å². The van der Waals surface area contributed by atoms with Gasteiger partial charge in [-0.25, -0.2) is 0 Å². The highest BCUT2D eigenvalue weighted by atomic mass is 16.3. The van der Waals surface area contributed by atoms with Crippen LogP contribution in [0, 0.1) is 0 Å². The standard InChI is InChI=1S/C55H39NO/c1-55(2)49-25-15-14-23-43(49)44-31-30-41(34-50(44)55)56(40-28-26-37(27-29-40)36-16-6-3-7-17-36)51-33-32-46-48-35-47(38-18-8-4-9-19-38)42-22-12-13-24-45(42)53(48)57-54(46)52(51)39-20-10-5-11-21-39/h3-35H,1-2H3. The molecule has 270 valence electrons. The first kappa shape index (κ1) is 33.2. The number of nitrogens with zero attached hydrogens (tertiary/aromatic N) is 1. The van der Waals surface area contributed by atoms with E-state index in [1.54, 1.807) is 0 Å². The van der Waals surface area contributed by atoms with Gasteiger partial charge in [0.25, 0.3) is 0 Å². The Bertz CT molecular complexity index is 3120. The van der Waals surface area contributed by atoms with E-state index < -0.39 is 0 Å². The van der Waals surface area contributed by atoms with E-state index >= 15 is 0 Å². The van der Waals surface area contributed by atoms with E-state index in [4.69, 9.17) is 4.42 Å². The lowest BCUT2D eigenvalue weighted by molar-refractivity contribution is 0.660. The van der Waals surface area contributed by atoms with Crippen LogP contribution in [0.25, 0.3) is 77.2 Å². The number of anilines is 3. The van der Waals surface area contributed by atoms with Gasteiger partial charge in [0.05, 0.1) is 5.69 Å². The van der Waals surface area contributed by atoms with Crippen LogP contribution in [0.3, 0.4) is 0 Å². The molecule has 57 heavy (non-hydrogen) atoms. The van der Waals surface area contributed by atoms with Gasteiger partial charge in [0, 0.05) is 38.5 Å². The largest absolute Gasteiger partial charge is 0.455 e. The fourth-order valence-electron chi connectivity index (χ4n) is 9.27. The molecule has 0 bridgehead atoms. The molecule has 0 aliphatic heterocycles. The molecule has 2 nitrogen and oxygen atoms in total. The molecule has 9 aromatic carbocycles. The normalized spacial score (nSPS) is 12.9. The molecular formula is C55H39NO. The van der Waals surface area contributed by atoms with Gasteiger partial charge >= 0.3 is 0 Å². The average Bonchev–Trinajstić information content (AvgIpc) is 3.76. The van der Waals surface area contributed by atoms with Gasteiger partial charge in [-0.05, 0) is 97.9 Å². The molecule has 1 aliphatic rings. The number of furan rings is 1. The summed E-state index contributed by atoms with van der Waals surface area (Å²) in [7, 11) is 0. The maximum absolute atomic E-state index is 7.20. The van der Waals surface area contributed by atoms with Crippen LogP contribution in [0.4, 0.5) is 17.1 Å². The lowest BCUT2D eigenvalue weighted by atomic mass is 9.82. The number of hydrogen-bond acceptors (Lipinski definition) is 2. The van der Waals surface area contributed by atoms with E-state index in [-0.39, 0.29) is 5.41 Å². The average molecular weight is 730 g/mol. The summed E-state index contributed by atoms with van der Waals surface area (Å²) in [5.74, 6) is 0. The van der Waals surface area contributed by atoms with Gasteiger partial charge in [-0.1, -0.05) is 172 Å². The smallest absolute Gasteiger partial charge is 0.145 e. The molecule has 0 fully saturated rings. The molecule has 0 saturated heterocycles. The van der Waals surface area contributed by atoms with E-state index in [1.165, 1.54) is 49.9 Å². The zero-order chi connectivity index (χ0) is 38.1. The summed E-state index contributed by atoms with van der Waals surface area (Å²) in [5, 5.41) is 4.50. The zero-order valence-electron chi connectivity index (χ0n) is 31.9. The predicted molar refractivity (Wildman–Crippen MR) is 240 cm³/mol. The van der Waals surface area contributed by atoms with Crippen molar-refractivity contribution in [3.8, 4) is 44.5 Å². The lowest BCUT2D eigenvalue weighted by Crippen LogP contribution is -2.17. The van der Waals surface area contributed by atoms with Gasteiger partial charge in [0.2, 0.25) is 0 Å². The number of hydrogen-bond donors (Lipinski definition) is 0. The fourth-order valence-corrected chi connectivity index (χ4v) is 9.27. The van der Waals surface area contributed by atoms with Crippen LogP contribution in [-0.2, 0) is 5.41 Å². The Kier molecular flexibility index (Phi) is 7.55. The van der Waals surface area contributed by atoms with Gasteiger partial charge in [-0.2, -0.15) is 0 Å². The predicted octanol–water partition coefficient (Wildman–Crippen LogP) is 15.5. The number of fused-ring (bicyclic) bond motifs is 8. The van der Waals surface area contributed by atoms with Crippen LogP contribution in [-0.4, -0.2) is 0 Å². The Morgan fingerprint density at radius 2 is 0.930 bits per heavy atom. The Morgan fingerprint density at radius 1 is 0.368 bits per heavy atom. The summed E-state index contributed by atoms with van der Waals surface area (Å²) >= 11 is 0. The molecule has 1 heterocycles. The van der Waals surface area contributed by atoms with Crippen molar-refractivity contribution >= 4 is 49.8 Å². The molecule has 0 N–H and O–H groups in total. The van der Waals surface area contributed by atoms with Crippen molar-refractivity contribution in [1.29, 1.82) is 0 Å². The summed E-state index contributed by atoms with van der Waals surface area (Å²) in [5.41, 5.74) is 17.1. The Morgan fingerprint density at radius 3 is 1.67 bits per heavy atom. The van der Waals surface area contributed by atoms with Crippen molar-refractivity contribution in [2.75, 3.05) is 4.90 Å². The van der Waals surface area contributed by atoms with E-state index in [0.29, 0.717) is 0 Å². The first-order chi connectivity index (χ1) is 28.0. The van der Waals surface area contributed by atoms with E-state index in [1.807, 2.05) is 0 Å². The van der Waals surface area contributed by atoms with Crippen molar-refractivity contribution in [2.45, 2.75) is 19.3 Å². The molecule has 10 aromatic rings. The van der Waals surface area contributed by atoms with E-state index in [9.17, 15) is 0 Å².